The van der Waals surface area contributed by atoms with E-state index in [1.165, 1.54) is 0 Å². The molecule has 1 aliphatic rings. The van der Waals surface area contributed by atoms with Crippen LogP contribution in [0.4, 0.5) is 0 Å². The zero-order chi connectivity index (χ0) is 12.5. The first-order valence-corrected chi connectivity index (χ1v) is 6.50. The third kappa shape index (κ3) is 2.49. The molecule has 1 N–H and O–H groups in total. The molecular weight excluding hydrogens is 240 g/mol. The van der Waals surface area contributed by atoms with Crippen molar-refractivity contribution in [1.29, 1.82) is 0 Å². The van der Waals surface area contributed by atoms with Crippen LogP contribution in [0.5, 0.6) is 0 Å². The summed E-state index contributed by atoms with van der Waals surface area (Å²) in [5, 5.41) is 15.6. The average molecular weight is 259 g/mol. The van der Waals surface area contributed by atoms with Crippen LogP contribution >= 0.6 is 11.6 Å². The van der Waals surface area contributed by atoms with E-state index >= 15 is 0 Å². The summed E-state index contributed by atoms with van der Waals surface area (Å²) >= 11 is 6.17. The smallest absolute Gasteiger partial charge is 0.112 e. The lowest BCUT2D eigenvalue weighted by Crippen LogP contribution is -2.39. The van der Waals surface area contributed by atoms with Gasteiger partial charge in [0.25, 0.3) is 0 Å². The zero-order valence-electron chi connectivity index (χ0n) is 10.3. The zero-order valence-corrected chi connectivity index (χ0v) is 11.1. The lowest BCUT2D eigenvalue weighted by atomic mass is 9.87. The number of nitrogens with zero attached hydrogens (tertiary/aromatic N) is 2. The summed E-state index contributed by atoms with van der Waals surface area (Å²) < 4.78 is 7.30. The highest BCUT2D eigenvalue weighted by Crippen LogP contribution is 2.38. The molecule has 4 nitrogen and oxygen atoms in total. The molecule has 0 amide bonds. The van der Waals surface area contributed by atoms with Crippen LogP contribution in [0.2, 0.25) is 5.02 Å². The molecule has 0 bridgehead atoms. The number of aliphatic hydroxyl groups is 1. The van der Waals surface area contributed by atoms with Gasteiger partial charge in [0.05, 0.1) is 29.6 Å². The lowest BCUT2D eigenvalue weighted by molar-refractivity contribution is -0.105. The van der Waals surface area contributed by atoms with Crippen LogP contribution in [0.15, 0.2) is 6.20 Å². The molecule has 1 aliphatic heterocycles. The summed E-state index contributed by atoms with van der Waals surface area (Å²) in [5.74, 6) is 0. The van der Waals surface area contributed by atoms with Gasteiger partial charge in [-0.15, -0.1) is 0 Å². The molecule has 17 heavy (non-hydrogen) atoms. The number of halogens is 1. The van der Waals surface area contributed by atoms with Crippen LogP contribution in [0.1, 0.15) is 38.8 Å². The van der Waals surface area contributed by atoms with Crippen molar-refractivity contribution in [3.8, 4) is 0 Å². The second-order valence-electron chi connectivity index (χ2n) is 4.73. The molecule has 2 unspecified atom stereocenters. The van der Waals surface area contributed by atoms with Gasteiger partial charge in [0.2, 0.25) is 0 Å². The van der Waals surface area contributed by atoms with Crippen LogP contribution in [0, 0.1) is 0 Å². The number of rotatable bonds is 3. The molecule has 5 heteroatoms. The van der Waals surface area contributed by atoms with Crippen LogP contribution < -0.4 is 0 Å². The fraction of sp³-hybridized carbons (Fsp3) is 0.750. The van der Waals surface area contributed by atoms with Gasteiger partial charge in [0.1, 0.15) is 5.60 Å². The minimum absolute atomic E-state index is 0.0507. The Balaban J connectivity index is 2.33. The second kappa shape index (κ2) is 4.96. The van der Waals surface area contributed by atoms with Gasteiger partial charge < -0.3 is 9.84 Å². The van der Waals surface area contributed by atoms with E-state index in [4.69, 9.17) is 16.3 Å². The molecule has 1 saturated heterocycles. The number of aromatic nitrogens is 2. The monoisotopic (exact) mass is 258 g/mol. The fourth-order valence-electron chi connectivity index (χ4n) is 2.49. The van der Waals surface area contributed by atoms with Gasteiger partial charge in [-0.25, -0.2) is 0 Å². The predicted molar refractivity (Wildman–Crippen MR) is 66.1 cm³/mol. The first-order chi connectivity index (χ1) is 8.07. The molecule has 2 heterocycles. The van der Waals surface area contributed by atoms with Crippen molar-refractivity contribution in [2.75, 3.05) is 6.61 Å². The quantitative estimate of drug-likeness (QED) is 0.905. The highest BCUT2D eigenvalue weighted by Gasteiger charge is 2.39. The van der Waals surface area contributed by atoms with Crippen molar-refractivity contribution in [1.82, 2.24) is 9.78 Å². The molecule has 2 rings (SSSR count). The number of hydrogen-bond donors (Lipinski definition) is 1. The van der Waals surface area contributed by atoms with Gasteiger partial charge in [0.15, 0.2) is 0 Å². The maximum atomic E-state index is 10.8. The van der Waals surface area contributed by atoms with E-state index in [-0.39, 0.29) is 6.10 Å². The Labute approximate surface area is 107 Å². The van der Waals surface area contributed by atoms with Crippen molar-refractivity contribution in [3.63, 3.8) is 0 Å². The highest BCUT2D eigenvalue weighted by atomic mass is 35.5. The summed E-state index contributed by atoms with van der Waals surface area (Å²) in [6.45, 7) is 5.39. The third-order valence-electron chi connectivity index (χ3n) is 3.21. The molecule has 0 saturated carbocycles. The lowest BCUT2D eigenvalue weighted by Gasteiger charge is -2.36. The van der Waals surface area contributed by atoms with E-state index in [2.05, 4.69) is 12.0 Å². The molecular formula is C12H19ClN2O2. The molecule has 1 aromatic heterocycles. The Morgan fingerprint density at radius 3 is 3.12 bits per heavy atom. The van der Waals surface area contributed by atoms with Gasteiger partial charge in [-0.05, 0) is 13.3 Å². The van der Waals surface area contributed by atoms with Crippen LogP contribution in [-0.4, -0.2) is 27.6 Å². The standard InChI is InChI=1S/C12H19ClN2O2/c1-3-5-15-11(10(13)8-14-15)12(16)4-6-17-9(2)7-12/h8-9,16H,3-7H2,1-2H3. The molecule has 1 fully saturated rings. The maximum absolute atomic E-state index is 10.8. The van der Waals surface area contributed by atoms with Gasteiger partial charge in [-0.1, -0.05) is 18.5 Å². The second-order valence-corrected chi connectivity index (χ2v) is 5.14. The summed E-state index contributed by atoms with van der Waals surface area (Å²) in [7, 11) is 0. The first-order valence-electron chi connectivity index (χ1n) is 6.12. The molecule has 0 radical (unpaired) electrons. The highest BCUT2D eigenvalue weighted by molar-refractivity contribution is 6.31. The van der Waals surface area contributed by atoms with Gasteiger partial charge in [-0.2, -0.15) is 5.10 Å². The Morgan fingerprint density at radius 2 is 2.47 bits per heavy atom. The molecule has 0 spiro atoms. The van der Waals surface area contributed by atoms with E-state index in [0.29, 0.717) is 24.5 Å². The Hall–Kier alpha value is -0.580. The van der Waals surface area contributed by atoms with Crippen LogP contribution in [-0.2, 0) is 16.9 Å². The largest absolute Gasteiger partial charge is 0.383 e. The van der Waals surface area contributed by atoms with Crippen LogP contribution in [0.25, 0.3) is 0 Å². The minimum atomic E-state index is -0.902. The molecule has 1 aromatic rings. The van der Waals surface area contributed by atoms with Gasteiger partial charge in [-0.3, -0.25) is 4.68 Å². The Morgan fingerprint density at radius 1 is 1.71 bits per heavy atom. The maximum Gasteiger partial charge on any atom is 0.112 e. The van der Waals surface area contributed by atoms with Crippen molar-refractivity contribution in [2.45, 2.75) is 51.4 Å². The Bertz CT molecular complexity index is 394. The molecule has 2 atom stereocenters. The van der Waals surface area contributed by atoms with Crippen molar-refractivity contribution >= 4 is 11.6 Å². The van der Waals surface area contributed by atoms with Crippen molar-refractivity contribution in [2.24, 2.45) is 0 Å². The van der Waals surface area contributed by atoms with Gasteiger partial charge in [0, 0.05) is 19.4 Å². The molecule has 0 aromatic carbocycles. The first kappa shape index (κ1) is 12.9. The SMILES string of the molecule is CCCn1ncc(Cl)c1C1(O)CCOC(C)C1. The molecule has 96 valence electrons. The van der Waals surface area contributed by atoms with E-state index in [0.717, 1.165) is 18.7 Å². The molecule has 0 aliphatic carbocycles. The van der Waals surface area contributed by atoms with Crippen LogP contribution in [0.3, 0.4) is 0 Å². The van der Waals surface area contributed by atoms with Gasteiger partial charge >= 0.3 is 0 Å². The number of aryl methyl sites for hydroxylation is 1. The summed E-state index contributed by atoms with van der Waals surface area (Å²) in [6.07, 6.45) is 3.78. The summed E-state index contributed by atoms with van der Waals surface area (Å²) in [6, 6.07) is 0. The normalized spacial score (nSPS) is 29.5. The van der Waals surface area contributed by atoms with Crippen molar-refractivity contribution < 1.29 is 9.84 Å². The third-order valence-corrected chi connectivity index (χ3v) is 3.49. The van der Waals surface area contributed by atoms with E-state index in [9.17, 15) is 5.11 Å². The average Bonchev–Trinajstić information content (AvgIpc) is 2.60. The summed E-state index contributed by atoms with van der Waals surface area (Å²) in [4.78, 5) is 0. The van der Waals surface area contributed by atoms with E-state index in [1.807, 2.05) is 11.6 Å². The van der Waals surface area contributed by atoms with E-state index in [1.54, 1.807) is 6.20 Å². The Kier molecular flexibility index (Phi) is 3.76. The summed E-state index contributed by atoms with van der Waals surface area (Å²) in [5.41, 5.74) is -0.156. The number of ether oxygens (including phenoxy) is 1. The van der Waals surface area contributed by atoms with E-state index < -0.39 is 5.60 Å². The minimum Gasteiger partial charge on any atom is -0.383 e. The number of hydrogen-bond acceptors (Lipinski definition) is 3. The fourth-order valence-corrected chi connectivity index (χ4v) is 2.80. The topological polar surface area (TPSA) is 47.3 Å². The van der Waals surface area contributed by atoms with Crippen molar-refractivity contribution in [3.05, 3.63) is 16.9 Å². The predicted octanol–water partition coefficient (Wildman–Crippen LogP) is 2.33.